The number of rotatable bonds is 5. The third-order valence-corrected chi connectivity index (χ3v) is 5.09. The summed E-state index contributed by atoms with van der Waals surface area (Å²) in [6, 6.07) is 7.37. The van der Waals surface area contributed by atoms with E-state index in [2.05, 4.69) is 4.72 Å². The fraction of sp³-hybridized carbons (Fsp3) is 0.176. The predicted molar refractivity (Wildman–Crippen MR) is 88.4 cm³/mol. The van der Waals surface area contributed by atoms with Crippen LogP contribution in [-0.2, 0) is 24.3 Å². The van der Waals surface area contributed by atoms with Gasteiger partial charge in [-0.15, -0.1) is 0 Å². The van der Waals surface area contributed by atoms with Crippen molar-refractivity contribution in [3.05, 3.63) is 59.7 Å². The average molecular weight is 397 g/mol. The number of carbonyl (C=O) groups excluding carboxylic acids is 2. The highest BCUT2D eigenvalue weighted by molar-refractivity contribution is 7.92. The quantitative estimate of drug-likeness (QED) is 0.777. The third kappa shape index (κ3) is 4.22. The lowest BCUT2D eigenvalue weighted by Gasteiger charge is -2.10. The number of hydrogen-bond acceptors (Lipinski definition) is 6. The molecule has 0 bridgehead atoms. The van der Waals surface area contributed by atoms with E-state index in [9.17, 15) is 26.8 Å². The Morgan fingerprint density at radius 1 is 1.11 bits per heavy atom. The molecule has 0 saturated carbocycles. The van der Waals surface area contributed by atoms with E-state index in [0.717, 1.165) is 6.07 Å². The molecule has 142 valence electrons. The third-order valence-electron chi connectivity index (χ3n) is 3.71. The molecule has 0 radical (unpaired) electrons. The van der Waals surface area contributed by atoms with Crippen LogP contribution in [0.4, 0.5) is 14.5 Å². The Kier molecular flexibility index (Phi) is 5.08. The molecule has 0 aliphatic carbocycles. The highest BCUT2D eigenvalue weighted by Gasteiger charge is 2.30. The molecular weight excluding hydrogens is 384 g/mol. The molecule has 0 aromatic heterocycles. The minimum atomic E-state index is -4.15. The van der Waals surface area contributed by atoms with Crippen molar-refractivity contribution in [1.82, 2.24) is 0 Å². The smallest absolute Gasteiger partial charge is 0.347 e. The van der Waals surface area contributed by atoms with Gasteiger partial charge in [-0.2, -0.15) is 0 Å². The number of sulfonamides is 1. The number of hydrogen-bond donors (Lipinski definition) is 1. The fourth-order valence-corrected chi connectivity index (χ4v) is 3.38. The molecule has 2 aromatic carbocycles. The van der Waals surface area contributed by atoms with Crippen LogP contribution in [0.15, 0.2) is 47.4 Å². The Labute approximate surface area is 152 Å². The summed E-state index contributed by atoms with van der Waals surface area (Å²) in [7, 11) is -4.15. The van der Waals surface area contributed by atoms with Gasteiger partial charge < -0.3 is 9.47 Å². The first-order valence-electron chi connectivity index (χ1n) is 7.72. The van der Waals surface area contributed by atoms with Crippen LogP contribution in [0.5, 0.6) is 0 Å². The van der Waals surface area contributed by atoms with Crippen molar-refractivity contribution in [2.45, 2.75) is 17.4 Å². The second kappa shape index (κ2) is 7.31. The van der Waals surface area contributed by atoms with Crippen LogP contribution in [-0.4, -0.2) is 33.1 Å². The summed E-state index contributed by atoms with van der Waals surface area (Å²) in [6.07, 6.45) is -0.680. The number of halogens is 2. The summed E-state index contributed by atoms with van der Waals surface area (Å²) in [4.78, 5) is 22.8. The standard InChI is InChI=1S/C17H13F2NO6S/c18-13-6-5-12(9-14(13)19)27(23,24)20-11-3-1-10(2-4-11)16(21)26-15-7-8-25-17(15)22/h1-6,9,15,20H,7-8H2/t15-/m0/s1. The van der Waals surface area contributed by atoms with Crippen LogP contribution in [0.2, 0.25) is 0 Å². The van der Waals surface area contributed by atoms with Crippen molar-refractivity contribution in [1.29, 1.82) is 0 Å². The van der Waals surface area contributed by atoms with Gasteiger partial charge >= 0.3 is 11.9 Å². The Hall–Kier alpha value is -3.01. The zero-order valence-corrected chi connectivity index (χ0v) is 14.5. The van der Waals surface area contributed by atoms with Crippen LogP contribution in [0, 0.1) is 11.6 Å². The number of ether oxygens (including phenoxy) is 2. The Balaban J connectivity index is 1.70. The van der Waals surface area contributed by atoms with Crippen molar-refractivity contribution in [2.75, 3.05) is 11.3 Å². The van der Waals surface area contributed by atoms with Crippen molar-refractivity contribution in [3.8, 4) is 0 Å². The molecule has 1 heterocycles. The lowest BCUT2D eigenvalue weighted by Crippen LogP contribution is -2.22. The van der Waals surface area contributed by atoms with Gasteiger partial charge in [0.15, 0.2) is 11.6 Å². The first-order chi connectivity index (χ1) is 12.8. The van der Waals surface area contributed by atoms with Crippen molar-refractivity contribution < 1.29 is 36.3 Å². The number of benzene rings is 2. The normalized spacial score (nSPS) is 16.7. The minimum absolute atomic E-state index is 0.0940. The summed E-state index contributed by atoms with van der Waals surface area (Å²) in [5, 5.41) is 0. The van der Waals surface area contributed by atoms with E-state index in [1.165, 1.54) is 24.3 Å². The van der Waals surface area contributed by atoms with Gasteiger partial charge in [0.1, 0.15) is 0 Å². The molecule has 1 fully saturated rings. The molecule has 1 aliphatic heterocycles. The Bertz CT molecular complexity index is 991. The van der Waals surface area contributed by atoms with Gasteiger partial charge in [0.05, 0.1) is 17.1 Å². The number of anilines is 1. The maximum atomic E-state index is 13.2. The first-order valence-corrected chi connectivity index (χ1v) is 9.20. The molecule has 0 spiro atoms. The van der Waals surface area contributed by atoms with Crippen molar-refractivity contribution in [3.63, 3.8) is 0 Å². The van der Waals surface area contributed by atoms with Gasteiger partial charge in [-0.3, -0.25) is 4.72 Å². The van der Waals surface area contributed by atoms with Crippen LogP contribution in [0.3, 0.4) is 0 Å². The predicted octanol–water partition coefficient (Wildman–Crippen LogP) is 2.24. The Morgan fingerprint density at radius 3 is 2.41 bits per heavy atom. The summed E-state index contributed by atoms with van der Waals surface area (Å²) in [5.74, 6) is -3.82. The van der Waals surface area contributed by atoms with Crippen LogP contribution in [0.1, 0.15) is 16.8 Å². The summed E-state index contributed by atoms with van der Waals surface area (Å²) < 4.78 is 62.5. The average Bonchev–Trinajstić information content (AvgIpc) is 3.02. The van der Waals surface area contributed by atoms with Gasteiger partial charge in [-0.05, 0) is 42.5 Å². The second-order valence-electron chi connectivity index (χ2n) is 5.61. The number of carbonyl (C=O) groups is 2. The lowest BCUT2D eigenvalue weighted by atomic mass is 10.2. The minimum Gasteiger partial charge on any atom is -0.463 e. The molecule has 10 heteroatoms. The topological polar surface area (TPSA) is 98.8 Å². The molecule has 27 heavy (non-hydrogen) atoms. The number of esters is 2. The van der Waals surface area contributed by atoms with Gasteiger partial charge in [0, 0.05) is 12.1 Å². The summed E-state index contributed by atoms with van der Waals surface area (Å²) in [5.41, 5.74) is 0.196. The van der Waals surface area contributed by atoms with E-state index >= 15 is 0 Å². The van der Waals surface area contributed by atoms with E-state index in [0.29, 0.717) is 12.1 Å². The highest BCUT2D eigenvalue weighted by Crippen LogP contribution is 2.20. The van der Waals surface area contributed by atoms with E-state index in [1.54, 1.807) is 0 Å². The molecule has 1 atom stereocenters. The van der Waals surface area contributed by atoms with E-state index in [-0.39, 0.29) is 24.3 Å². The second-order valence-corrected chi connectivity index (χ2v) is 7.29. The molecular formula is C17H13F2NO6S. The highest BCUT2D eigenvalue weighted by atomic mass is 32.2. The van der Waals surface area contributed by atoms with E-state index in [1.807, 2.05) is 0 Å². The zero-order valence-electron chi connectivity index (χ0n) is 13.6. The molecule has 3 rings (SSSR count). The molecule has 7 nitrogen and oxygen atoms in total. The molecule has 2 aromatic rings. The van der Waals surface area contributed by atoms with Gasteiger partial charge in [0.2, 0.25) is 6.10 Å². The fourth-order valence-electron chi connectivity index (χ4n) is 2.31. The SMILES string of the molecule is O=C(O[C@H]1CCOC1=O)c1ccc(NS(=O)(=O)c2ccc(F)c(F)c2)cc1. The van der Waals surface area contributed by atoms with Crippen LogP contribution >= 0.6 is 0 Å². The van der Waals surface area contributed by atoms with Gasteiger partial charge in [-0.25, -0.2) is 26.8 Å². The van der Waals surface area contributed by atoms with Crippen LogP contribution in [0.25, 0.3) is 0 Å². The van der Waals surface area contributed by atoms with Crippen molar-refractivity contribution in [2.24, 2.45) is 0 Å². The summed E-state index contributed by atoms with van der Waals surface area (Å²) in [6.45, 7) is 0.182. The maximum absolute atomic E-state index is 13.2. The molecule has 1 N–H and O–H groups in total. The lowest BCUT2D eigenvalue weighted by molar-refractivity contribution is -0.145. The molecule has 1 saturated heterocycles. The van der Waals surface area contributed by atoms with Crippen LogP contribution < -0.4 is 4.72 Å². The summed E-state index contributed by atoms with van der Waals surface area (Å²) >= 11 is 0. The van der Waals surface area contributed by atoms with Gasteiger partial charge in [-0.1, -0.05) is 0 Å². The maximum Gasteiger partial charge on any atom is 0.347 e. The van der Waals surface area contributed by atoms with Gasteiger partial charge in [0.25, 0.3) is 10.0 Å². The molecule has 0 amide bonds. The Morgan fingerprint density at radius 2 is 1.81 bits per heavy atom. The molecule has 1 aliphatic rings. The molecule has 0 unspecified atom stereocenters. The van der Waals surface area contributed by atoms with E-state index < -0.39 is 44.6 Å². The first kappa shape index (κ1) is 18.8. The van der Waals surface area contributed by atoms with E-state index in [4.69, 9.17) is 9.47 Å². The number of cyclic esters (lactones) is 1. The zero-order chi connectivity index (χ0) is 19.6. The largest absolute Gasteiger partial charge is 0.463 e. The number of nitrogens with one attached hydrogen (secondary N) is 1. The monoisotopic (exact) mass is 397 g/mol. The van der Waals surface area contributed by atoms with Crippen molar-refractivity contribution >= 4 is 27.6 Å².